The van der Waals surface area contributed by atoms with Crippen molar-refractivity contribution < 1.29 is 49.0 Å². The standard InChI is InChI=1S/C22H35F9O2/c23-19(24,20(25,26)21(27,28)22(29,30)31)14-9-7-5-3-1-2-4-6-8-10-15-32-17-13-18-12-11-16-33-18/h18H,1-17H2. The van der Waals surface area contributed by atoms with Crippen LogP contribution in [-0.2, 0) is 9.47 Å². The molecule has 198 valence electrons. The highest BCUT2D eigenvalue weighted by atomic mass is 19.4. The number of hydrogen-bond donors (Lipinski definition) is 0. The van der Waals surface area contributed by atoms with E-state index in [9.17, 15) is 39.5 Å². The van der Waals surface area contributed by atoms with Crippen molar-refractivity contribution in [1.29, 1.82) is 0 Å². The van der Waals surface area contributed by atoms with Gasteiger partial charge in [-0.3, -0.25) is 0 Å². The molecule has 1 fully saturated rings. The van der Waals surface area contributed by atoms with Crippen LogP contribution in [0.1, 0.15) is 89.9 Å². The summed E-state index contributed by atoms with van der Waals surface area (Å²) >= 11 is 0. The van der Waals surface area contributed by atoms with Crippen molar-refractivity contribution >= 4 is 0 Å². The van der Waals surface area contributed by atoms with Gasteiger partial charge in [0.05, 0.1) is 6.10 Å². The van der Waals surface area contributed by atoms with Crippen molar-refractivity contribution in [2.24, 2.45) is 0 Å². The number of ether oxygens (including phenoxy) is 2. The second-order valence-electron chi connectivity index (χ2n) is 8.67. The van der Waals surface area contributed by atoms with E-state index in [0.717, 1.165) is 64.4 Å². The molecule has 1 aliphatic heterocycles. The number of hydrogen-bond acceptors (Lipinski definition) is 2. The molecule has 11 heteroatoms. The zero-order valence-corrected chi connectivity index (χ0v) is 18.8. The first-order valence-corrected chi connectivity index (χ1v) is 11.7. The lowest BCUT2D eigenvalue weighted by atomic mass is 9.97. The van der Waals surface area contributed by atoms with Crippen molar-refractivity contribution in [2.45, 2.75) is 120 Å². The third-order valence-corrected chi connectivity index (χ3v) is 5.85. The summed E-state index contributed by atoms with van der Waals surface area (Å²) in [5, 5.41) is 0. The van der Waals surface area contributed by atoms with Gasteiger partial charge in [0.15, 0.2) is 0 Å². The fourth-order valence-electron chi connectivity index (χ4n) is 3.72. The molecule has 2 nitrogen and oxygen atoms in total. The zero-order valence-electron chi connectivity index (χ0n) is 18.8. The van der Waals surface area contributed by atoms with Gasteiger partial charge < -0.3 is 9.47 Å². The summed E-state index contributed by atoms with van der Waals surface area (Å²) in [6.07, 6.45) is 1.38. The quantitative estimate of drug-likeness (QED) is 0.139. The minimum atomic E-state index is -6.79. The lowest BCUT2D eigenvalue weighted by Gasteiger charge is -2.33. The molecular weight excluding hydrogens is 467 g/mol. The first kappa shape index (κ1) is 30.3. The van der Waals surface area contributed by atoms with Crippen LogP contribution in [0, 0.1) is 0 Å². The summed E-state index contributed by atoms with van der Waals surface area (Å²) in [4.78, 5) is 0. The van der Waals surface area contributed by atoms with Gasteiger partial charge in [-0.2, -0.15) is 39.5 Å². The molecule has 0 aromatic carbocycles. The molecule has 0 aliphatic carbocycles. The first-order valence-electron chi connectivity index (χ1n) is 11.7. The van der Waals surface area contributed by atoms with Gasteiger partial charge in [0.2, 0.25) is 0 Å². The maximum Gasteiger partial charge on any atom is 0.460 e. The molecule has 0 aromatic heterocycles. The molecule has 0 spiro atoms. The highest BCUT2D eigenvalue weighted by molar-refractivity contribution is 5.00. The minimum Gasteiger partial charge on any atom is -0.381 e. The molecule has 1 atom stereocenters. The van der Waals surface area contributed by atoms with E-state index in [-0.39, 0.29) is 6.42 Å². The van der Waals surface area contributed by atoms with Crippen molar-refractivity contribution in [2.75, 3.05) is 19.8 Å². The van der Waals surface area contributed by atoms with Crippen LogP contribution in [0.5, 0.6) is 0 Å². The Kier molecular flexibility index (Phi) is 12.9. The van der Waals surface area contributed by atoms with Crippen molar-refractivity contribution in [3.05, 3.63) is 0 Å². The van der Waals surface area contributed by atoms with Gasteiger partial charge in [-0.05, 0) is 32.1 Å². The van der Waals surface area contributed by atoms with Crippen molar-refractivity contribution in [1.82, 2.24) is 0 Å². The van der Waals surface area contributed by atoms with Gasteiger partial charge in [-0.25, -0.2) is 0 Å². The Morgan fingerprint density at radius 1 is 0.636 bits per heavy atom. The Balaban J connectivity index is 1.98. The van der Waals surface area contributed by atoms with Crippen molar-refractivity contribution in [3.63, 3.8) is 0 Å². The Labute approximate surface area is 189 Å². The maximum absolute atomic E-state index is 13.4. The monoisotopic (exact) mass is 502 g/mol. The van der Waals surface area contributed by atoms with Crippen LogP contribution in [0.2, 0.25) is 0 Å². The summed E-state index contributed by atoms with van der Waals surface area (Å²) in [6.45, 7) is 2.26. The highest BCUT2D eigenvalue weighted by Gasteiger charge is 2.81. The van der Waals surface area contributed by atoms with Crippen LogP contribution >= 0.6 is 0 Å². The summed E-state index contributed by atoms with van der Waals surface area (Å²) < 4.78 is 126. The zero-order chi connectivity index (χ0) is 25.0. The first-order chi connectivity index (χ1) is 15.3. The fraction of sp³-hybridized carbons (Fsp3) is 1.00. The number of alkyl halides is 9. The van der Waals surface area contributed by atoms with E-state index in [2.05, 4.69) is 0 Å². The molecule has 0 amide bonds. The Hall–Kier alpha value is -0.710. The molecule has 0 aromatic rings. The summed E-state index contributed by atoms with van der Waals surface area (Å²) in [5.74, 6) is -18.7. The Bertz CT molecular complexity index is 518. The molecule has 1 saturated heterocycles. The van der Waals surface area contributed by atoms with E-state index in [1.807, 2.05) is 0 Å². The van der Waals surface area contributed by atoms with E-state index < -0.39 is 36.8 Å². The number of unbranched alkanes of at least 4 members (excludes halogenated alkanes) is 9. The third-order valence-electron chi connectivity index (χ3n) is 5.85. The smallest absolute Gasteiger partial charge is 0.381 e. The molecule has 1 heterocycles. The van der Waals surface area contributed by atoms with Crippen molar-refractivity contribution in [3.8, 4) is 0 Å². The fourth-order valence-corrected chi connectivity index (χ4v) is 3.72. The largest absolute Gasteiger partial charge is 0.460 e. The average molecular weight is 503 g/mol. The lowest BCUT2D eigenvalue weighted by molar-refractivity contribution is -0.396. The molecule has 1 unspecified atom stereocenters. The van der Waals surface area contributed by atoms with Crippen LogP contribution in [-0.4, -0.2) is 49.9 Å². The predicted molar refractivity (Wildman–Crippen MR) is 106 cm³/mol. The highest BCUT2D eigenvalue weighted by Crippen LogP contribution is 2.54. The molecule has 1 aliphatic rings. The normalized spacial score (nSPS) is 18.3. The van der Waals surface area contributed by atoms with Crippen LogP contribution in [0.25, 0.3) is 0 Å². The molecule has 0 bridgehead atoms. The SMILES string of the molecule is FC(F)(F)C(F)(F)C(F)(F)C(F)(F)CCCCCCCCCCCCOCCC1CCCO1. The maximum atomic E-state index is 13.4. The number of halogens is 9. The molecule has 33 heavy (non-hydrogen) atoms. The second kappa shape index (κ2) is 14.0. The Morgan fingerprint density at radius 2 is 1.15 bits per heavy atom. The lowest BCUT2D eigenvalue weighted by Crippen LogP contribution is -2.60. The summed E-state index contributed by atoms with van der Waals surface area (Å²) in [6, 6.07) is 0. The van der Waals surface area contributed by atoms with Gasteiger partial charge >= 0.3 is 23.9 Å². The summed E-state index contributed by atoms with van der Waals surface area (Å²) in [5.41, 5.74) is 0. The van der Waals surface area contributed by atoms with Gasteiger partial charge in [0.1, 0.15) is 0 Å². The van der Waals surface area contributed by atoms with E-state index in [4.69, 9.17) is 9.47 Å². The second-order valence-corrected chi connectivity index (χ2v) is 8.67. The van der Waals surface area contributed by atoms with Crippen LogP contribution in [0.4, 0.5) is 39.5 Å². The minimum absolute atomic E-state index is 0.0620. The topological polar surface area (TPSA) is 18.5 Å². The van der Waals surface area contributed by atoms with Crippen LogP contribution < -0.4 is 0 Å². The molecule has 0 saturated carbocycles. The van der Waals surface area contributed by atoms with E-state index in [1.54, 1.807) is 0 Å². The van der Waals surface area contributed by atoms with E-state index in [1.165, 1.54) is 0 Å². The van der Waals surface area contributed by atoms with Gasteiger partial charge in [-0.1, -0.05) is 51.4 Å². The Morgan fingerprint density at radius 3 is 1.64 bits per heavy atom. The average Bonchev–Trinajstić information content (AvgIpc) is 3.23. The molecule has 0 radical (unpaired) electrons. The van der Waals surface area contributed by atoms with E-state index >= 15 is 0 Å². The molecule has 0 N–H and O–H groups in total. The summed E-state index contributed by atoms with van der Waals surface area (Å²) in [7, 11) is 0. The van der Waals surface area contributed by atoms with Gasteiger partial charge in [0.25, 0.3) is 0 Å². The van der Waals surface area contributed by atoms with E-state index in [0.29, 0.717) is 32.2 Å². The van der Waals surface area contributed by atoms with Gasteiger partial charge in [-0.15, -0.1) is 0 Å². The van der Waals surface area contributed by atoms with Crippen LogP contribution in [0.15, 0.2) is 0 Å². The third kappa shape index (κ3) is 9.82. The predicted octanol–water partition coefficient (Wildman–Crippen LogP) is 8.33. The van der Waals surface area contributed by atoms with Gasteiger partial charge in [0, 0.05) is 26.2 Å². The number of rotatable bonds is 18. The molecular formula is C22H35F9O2. The molecule has 1 rings (SSSR count). The van der Waals surface area contributed by atoms with Crippen LogP contribution in [0.3, 0.4) is 0 Å².